The van der Waals surface area contributed by atoms with Crippen molar-refractivity contribution in [3.8, 4) is 0 Å². The summed E-state index contributed by atoms with van der Waals surface area (Å²) in [4.78, 5) is 32.2. The Kier molecular flexibility index (Phi) is 6.30. The minimum atomic E-state index is -0.153. The van der Waals surface area contributed by atoms with Crippen LogP contribution in [-0.2, 0) is 11.2 Å². The second-order valence-corrected chi connectivity index (χ2v) is 8.93. The first-order chi connectivity index (χ1) is 13.3. The highest BCUT2D eigenvalue weighted by atomic mass is 35.5. The Morgan fingerprint density at radius 3 is 2.50 bits per heavy atom. The molecule has 28 heavy (non-hydrogen) atoms. The Hall–Kier alpha value is -2.05. The van der Waals surface area contributed by atoms with Crippen LogP contribution in [0.5, 0.6) is 0 Å². The van der Waals surface area contributed by atoms with E-state index in [9.17, 15) is 9.59 Å². The minimum Gasteiger partial charge on any atom is -0.331 e. The molecule has 7 heteroatoms. The molecular weight excluding hydrogens is 394 g/mol. The molecule has 0 saturated carbocycles. The summed E-state index contributed by atoms with van der Waals surface area (Å²) in [5.74, 6) is -0.0410. The van der Waals surface area contributed by atoms with Gasteiger partial charge in [0, 0.05) is 36.6 Å². The quantitative estimate of drug-likeness (QED) is 0.742. The second-order valence-electron chi connectivity index (χ2n) is 7.49. The molecule has 0 radical (unpaired) electrons. The van der Waals surface area contributed by atoms with E-state index in [-0.39, 0.29) is 30.6 Å². The van der Waals surface area contributed by atoms with Gasteiger partial charge in [0.15, 0.2) is 0 Å². The molecule has 0 fully saturated rings. The molecule has 1 atom stereocenters. The topological polar surface area (TPSA) is 43.9 Å². The Labute approximate surface area is 175 Å². The van der Waals surface area contributed by atoms with Crippen molar-refractivity contribution in [2.45, 2.75) is 32.4 Å². The first-order valence-electron chi connectivity index (χ1n) is 9.38. The van der Waals surface area contributed by atoms with E-state index in [1.807, 2.05) is 43.0 Å². The van der Waals surface area contributed by atoms with Crippen molar-refractivity contribution in [2.75, 3.05) is 27.2 Å². The predicted molar refractivity (Wildman–Crippen MR) is 114 cm³/mol. The smallest absolute Gasteiger partial charge is 0.320 e. The van der Waals surface area contributed by atoms with Crippen LogP contribution in [0.1, 0.15) is 35.9 Å². The maximum Gasteiger partial charge on any atom is 0.320 e. The lowest BCUT2D eigenvalue weighted by Crippen LogP contribution is -2.51. The van der Waals surface area contributed by atoms with Gasteiger partial charge in [-0.05, 0) is 55.0 Å². The molecule has 150 valence electrons. The second kappa shape index (κ2) is 8.53. The van der Waals surface area contributed by atoms with E-state index in [0.29, 0.717) is 11.6 Å². The van der Waals surface area contributed by atoms with E-state index in [1.165, 1.54) is 15.3 Å². The van der Waals surface area contributed by atoms with Crippen LogP contribution in [0.25, 0.3) is 0 Å². The first kappa shape index (κ1) is 20.7. The van der Waals surface area contributed by atoms with Gasteiger partial charge in [0.1, 0.15) is 6.54 Å². The Balaban J connectivity index is 1.91. The third-order valence-corrected chi connectivity index (χ3v) is 6.28. The molecule has 2 aromatic rings. The van der Waals surface area contributed by atoms with Crippen LogP contribution in [0.3, 0.4) is 0 Å². The highest BCUT2D eigenvalue weighted by molar-refractivity contribution is 7.10. The van der Waals surface area contributed by atoms with Gasteiger partial charge in [-0.2, -0.15) is 0 Å². The predicted octanol–water partition coefficient (Wildman–Crippen LogP) is 4.27. The summed E-state index contributed by atoms with van der Waals surface area (Å²) >= 11 is 7.80. The lowest BCUT2D eigenvalue weighted by molar-refractivity contribution is -0.134. The fourth-order valence-corrected chi connectivity index (χ4v) is 4.58. The molecule has 3 rings (SSSR count). The molecule has 0 aliphatic carbocycles. The molecule has 1 aliphatic rings. The lowest BCUT2D eigenvalue weighted by atomic mass is 9.93. The van der Waals surface area contributed by atoms with E-state index in [1.54, 1.807) is 30.3 Å². The van der Waals surface area contributed by atoms with Crippen LogP contribution in [0, 0.1) is 0 Å². The van der Waals surface area contributed by atoms with Crippen molar-refractivity contribution in [2.24, 2.45) is 0 Å². The molecule has 2 heterocycles. The van der Waals surface area contributed by atoms with Crippen LogP contribution in [0.2, 0.25) is 5.02 Å². The summed E-state index contributed by atoms with van der Waals surface area (Å²) in [7, 11) is 3.41. The number of rotatable bonds is 4. The van der Waals surface area contributed by atoms with Crippen LogP contribution < -0.4 is 0 Å². The zero-order valence-corrected chi connectivity index (χ0v) is 18.3. The SMILES string of the molecule is CC(C)N(CC(=O)N1CCc2sccc2[C@H]1c1ccc(Cl)cc1)C(=O)N(C)C. The number of carbonyl (C=O) groups excluding carboxylic acids is 2. The van der Waals surface area contributed by atoms with Gasteiger partial charge >= 0.3 is 6.03 Å². The van der Waals surface area contributed by atoms with Crippen LogP contribution in [0.4, 0.5) is 4.79 Å². The zero-order chi connectivity index (χ0) is 20.4. The number of hydrogen-bond donors (Lipinski definition) is 0. The number of nitrogens with zero attached hydrogens (tertiary/aromatic N) is 3. The van der Waals surface area contributed by atoms with E-state index >= 15 is 0 Å². The third kappa shape index (κ3) is 4.18. The van der Waals surface area contributed by atoms with Crippen molar-refractivity contribution in [3.63, 3.8) is 0 Å². The Morgan fingerprint density at radius 2 is 1.89 bits per heavy atom. The van der Waals surface area contributed by atoms with Crippen molar-refractivity contribution in [1.29, 1.82) is 0 Å². The van der Waals surface area contributed by atoms with E-state index in [2.05, 4.69) is 11.4 Å². The third-order valence-electron chi connectivity index (χ3n) is 5.03. The van der Waals surface area contributed by atoms with Crippen molar-refractivity contribution in [3.05, 3.63) is 56.7 Å². The number of halogens is 1. The van der Waals surface area contributed by atoms with Crippen molar-refractivity contribution < 1.29 is 9.59 Å². The maximum atomic E-state index is 13.3. The van der Waals surface area contributed by atoms with Gasteiger partial charge in [0.05, 0.1) is 6.04 Å². The average molecular weight is 420 g/mol. The first-order valence-corrected chi connectivity index (χ1v) is 10.6. The fraction of sp³-hybridized carbons (Fsp3) is 0.429. The average Bonchev–Trinajstić information content (AvgIpc) is 3.13. The Morgan fingerprint density at radius 1 is 1.21 bits per heavy atom. The van der Waals surface area contributed by atoms with Gasteiger partial charge in [-0.3, -0.25) is 4.79 Å². The molecule has 5 nitrogen and oxygen atoms in total. The van der Waals surface area contributed by atoms with E-state index in [4.69, 9.17) is 11.6 Å². The molecule has 0 saturated heterocycles. The number of urea groups is 1. The van der Waals surface area contributed by atoms with E-state index < -0.39 is 0 Å². The molecule has 0 unspecified atom stereocenters. The minimum absolute atomic E-state index is 0.0410. The van der Waals surface area contributed by atoms with Gasteiger partial charge in [-0.25, -0.2) is 4.79 Å². The van der Waals surface area contributed by atoms with Gasteiger partial charge < -0.3 is 14.7 Å². The number of carbonyl (C=O) groups is 2. The fourth-order valence-electron chi connectivity index (χ4n) is 3.55. The summed E-state index contributed by atoms with van der Waals surface area (Å²) in [6.07, 6.45) is 0.839. The summed E-state index contributed by atoms with van der Waals surface area (Å²) < 4.78 is 0. The van der Waals surface area contributed by atoms with Gasteiger partial charge in [-0.15, -0.1) is 11.3 Å². The van der Waals surface area contributed by atoms with Crippen LogP contribution in [0.15, 0.2) is 35.7 Å². The summed E-state index contributed by atoms with van der Waals surface area (Å²) in [6.45, 7) is 4.57. The molecule has 0 N–H and O–H groups in total. The largest absolute Gasteiger partial charge is 0.331 e. The highest BCUT2D eigenvalue weighted by Crippen LogP contribution is 2.38. The Bertz CT molecular complexity index is 848. The maximum absolute atomic E-state index is 13.3. The normalized spacial score (nSPS) is 16.1. The molecule has 0 spiro atoms. The standard InChI is InChI=1S/C21H26ClN3O2S/c1-14(2)25(21(27)23(3)4)13-19(26)24-11-9-18-17(10-12-28-18)20(24)15-5-7-16(22)8-6-15/h5-8,10,12,14,20H,9,11,13H2,1-4H3/t20-/m1/s1. The number of benzene rings is 1. The molecule has 0 bridgehead atoms. The van der Waals surface area contributed by atoms with Gasteiger partial charge in [0.2, 0.25) is 5.91 Å². The molecule has 1 aliphatic heterocycles. The van der Waals surface area contributed by atoms with Gasteiger partial charge in [-0.1, -0.05) is 23.7 Å². The molecule has 3 amide bonds. The molecular formula is C21H26ClN3O2S. The highest BCUT2D eigenvalue weighted by Gasteiger charge is 2.34. The van der Waals surface area contributed by atoms with Gasteiger partial charge in [0.25, 0.3) is 0 Å². The van der Waals surface area contributed by atoms with Crippen molar-refractivity contribution >= 4 is 34.9 Å². The monoisotopic (exact) mass is 419 g/mol. The number of fused-ring (bicyclic) bond motifs is 1. The summed E-state index contributed by atoms with van der Waals surface area (Å²) in [6, 6.07) is 9.41. The molecule has 1 aromatic heterocycles. The number of amides is 3. The van der Waals surface area contributed by atoms with Crippen molar-refractivity contribution in [1.82, 2.24) is 14.7 Å². The number of hydrogen-bond acceptors (Lipinski definition) is 3. The lowest BCUT2D eigenvalue weighted by Gasteiger charge is -2.38. The summed E-state index contributed by atoms with van der Waals surface area (Å²) in [5, 5.41) is 2.75. The summed E-state index contributed by atoms with van der Waals surface area (Å²) in [5.41, 5.74) is 2.20. The number of thiophene rings is 1. The zero-order valence-electron chi connectivity index (χ0n) is 16.7. The van der Waals surface area contributed by atoms with E-state index in [0.717, 1.165) is 12.0 Å². The molecule has 1 aromatic carbocycles. The van der Waals surface area contributed by atoms with Crippen LogP contribution in [-0.4, -0.2) is 59.9 Å². The van der Waals surface area contributed by atoms with Crippen LogP contribution >= 0.6 is 22.9 Å².